The van der Waals surface area contributed by atoms with Crippen molar-refractivity contribution in [2.24, 2.45) is 0 Å². The Morgan fingerprint density at radius 2 is 0.923 bits per heavy atom. The Balaban J connectivity index is 0.921. The molecule has 0 amide bonds. The van der Waals surface area contributed by atoms with Crippen LogP contribution in [0.2, 0.25) is 0 Å². The van der Waals surface area contributed by atoms with Gasteiger partial charge in [0.05, 0.1) is 11.0 Å². The first kappa shape index (κ1) is 37.4. The molecule has 13 rings (SSSR count). The summed E-state index contributed by atoms with van der Waals surface area (Å²) in [6, 6.07) is 88.4. The molecule has 0 N–H and O–H groups in total. The van der Waals surface area contributed by atoms with Crippen molar-refractivity contribution in [3.05, 3.63) is 243 Å². The lowest BCUT2D eigenvalue weighted by Gasteiger charge is -2.36. The van der Waals surface area contributed by atoms with E-state index in [2.05, 4.69) is 247 Å². The fourth-order valence-corrected chi connectivity index (χ4v) is 15.8. The van der Waals surface area contributed by atoms with E-state index in [9.17, 15) is 0 Å². The third-order valence-corrected chi connectivity index (χ3v) is 18.5. The zero-order valence-electron chi connectivity index (χ0n) is 35.4. The molecule has 0 aliphatic carbocycles. The van der Waals surface area contributed by atoms with E-state index in [-0.39, 0.29) is 6.92 Å². The summed E-state index contributed by atoms with van der Waals surface area (Å²) in [5.41, 5.74) is 12.4. The Kier molecular flexibility index (Phi) is 8.65. The fraction of sp³-hybridized carbons (Fsp3) is 0. The lowest BCUT2D eigenvalue weighted by molar-refractivity contribution is 0.479. The van der Waals surface area contributed by atoms with Gasteiger partial charge in [0.1, 0.15) is 17.2 Å². The monoisotopic (exact) mass is 845 g/mol. The predicted octanol–water partition coefficient (Wildman–Crippen LogP) is 10.8. The number of benzene rings is 10. The van der Waals surface area contributed by atoms with Gasteiger partial charge in [0.25, 0.3) is 0 Å². The molecule has 0 unspecified atom stereocenters. The smallest absolute Gasteiger partial charge is 0.434 e. The molecular weight excluding hydrogens is 806 g/mol. The van der Waals surface area contributed by atoms with Crippen LogP contribution in [0.5, 0.6) is 17.2 Å². The molecule has 5 heteroatoms. The van der Waals surface area contributed by atoms with Gasteiger partial charge in [-0.15, -0.1) is 0 Å². The largest absolute Gasteiger partial charge is 0.551 e. The summed E-state index contributed by atoms with van der Waals surface area (Å²) < 4.78 is 16.3. The highest BCUT2D eigenvalue weighted by Crippen LogP contribution is 2.42. The topological polar surface area (TPSA) is 23.4 Å². The van der Waals surface area contributed by atoms with Crippen molar-refractivity contribution in [2.45, 2.75) is 0 Å². The first-order valence-electron chi connectivity index (χ1n) is 22.4. The highest BCUT2D eigenvalue weighted by molar-refractivity contribution is 7.20. The zero-order valence-corrected chi connectivity index (χ0v) is 36.4. The minimum absolute atomic E-state index is 0.328. The van der Waals surface area contributed by atoms with Gasteiger partial charge in [-0.3, -0.25) is 0 Å². The maximum atomic E-state index is 7.16. The second-order valence-electron chi connectivity index (χ2n) is 17.1. The lowest BCUT2D eigenvalue weighted by atomic mass is 9.50. The number of fused-ring (bicyclic) bond motifs is 7. The van der Waals surface area contributed by atoms with E-state index < -0.39 is 8.07 Å². The van der Waals surface area contributed by atoms with Crippen LogP contribution in [-0.4, -0.2) is 19.6 Å². The molecule has 0 saturated heterocycles. The van der Waals surface area contributed by atoms with E-state index in [0.717, 1.165) is 61.7 Å². The van der Waals surface area contributed by atoms with Crippen LogP contribution >= 0.6 is 0 Å². The summed E-state index contributed by atoms with van der Waals surface area (Å²) in [6.07, 6.45) is 0. The van der Waals surface area contributed by atoms with Gasteiger partial charge < -0.3 is 14.0 Å². The van der Waals surface area contributed by atoms with Crippen molar-refractivity contribution in [1.29, 1.82) is 0 Å². The third kappa shape index (κ3) is 5.83. The summed E-state index contributed by atoms with van der Waals surface area (Å²) in [6.45, 7) is -0.328. The van der Waals surface area contributed by atoms with E-state index in [1.807, 2.05) is 0 Å². The standard InChI is InChI=1S/C60H40BNO2Si/c1-4-20-45(21-5-1)65(46-22-6-2-7-23-46,47-24-8-3-9-25-47)59-33-15-12-26-48(59)43-35-36-56-52(39-43)51-29-17-32-58-60(51)61(64-56)53-40-42(34-37-57(53)63-58)41-18-16-19-44(38-41)62-54-30-13-10-27-49(54)50-28-11-14-31-55(50)62/h1-40H. The molecule has 0 bridgehead atoms. The minimum Gasteiger partial charge on any atom is -0.551 e. The Hall–Kier alpha value is -8.12. The molecule has 0 saturated carbocycles. The quantitative estimate of drug-likeness (QED) is 0.118. The predicted molar refractivity (Wildman–Crippen MR) is 273 cm³/mol. The van der Waals surface area contributed by atoms with Crippen LogP contribution in [-0.2, 0) is 0 Å². The molecular formula is C60H40BNO2Si. The van der Waals surface area contributed by atoms with Gasteiger partial charge >= 0.3 is 6.92 Å². The maximum absolute atomic E-state index is 7.16. The third-order valence-electron chi connectivity index (χ3n) is 13.6. The average molecular weight is 846 g/mol. The number of rotatable bonds is 7. The van der Waals surface area contributed by atoms with Crippen molar-refractivity contribution >= 4 is 68.5 Å². The number of aromatic nitrogens is 1. The summed E-state index contributed by atoms with van der Waals surface area (Å²) in [4.78, 5) is 0. The number of hydrogen-bond donors (Lipinski definition) is 0. The molecule has 0 radical (unpaired) electrons. The van der Waals surface area contributed by atoms with E-state index >= 15 is 0 Å². The fourth-order valence-electron chi connectivity index (χ4n) is 10.8. The van der Waals surface area contributed by atoms with Crippen molar-refractivity contribution in [3.63, 3.8) is 0 Å². The molecule has 65 heavy (non-hydrogen) atoms. The number of para-hydroxylation sites is 2. The number of hydrogen-bond acceptors (Lipinski definition) is 2. The van der Waals surface area contributed by atoms with E-state index in [0.29, 0.717) is 0 Å². The molecule has 0 atom stereocenters. The van der Waals surface area contributed by atoms with E-state index in [1.165, 1.54) is 48.1 Å². The molecule has 11 aromatic rings. The molecule has 0 fully saturated rings. The van der Waals surface area contributed by atoms with Crippen LogP contribution in [0.4, 0.5) is 0 Å². The van der Waals surface area contributed by atoms with Crippen LogP contribution in [0.1, 0.15) is 0 Å². The van der Waals surface area contributed by atoms with Gasteiger partial charge in [-0.2, -0.15) is 0 Å². The molecule has 2 aliphatic rings. The van der Waals surface area contributed by atoms with Crippen LogP contribution in [0.25, 0.3) is 60.9 Å². The lowest BCUT2D eigenvalue weighted by Crippen LogP contribution is -2.75. The second kappa shape index (κ2) is 15.0. The molecule has 2 aliphatic heterocycles. The van der Waals surface area contributed by atoms with Crippen molar-refractivity contribution in [2.75, 3.05) is 0 Å². The van der Waals surface area contributed by atoms with E-state index in [4.69, 9.17) is 9.39 Å². The summed E-state index contributed by atoms with van der Waals surface area (Å²) >= 11 is 0. The molecule has 1 aromatic heterocycles. The van der Waals surface area contributed by atoms with E-state index in [1.54, 1.807) is 0 Å². The maximum Gasteiger partial charge on any atom is 0.434 e. The van der Waals surface area contributed by atoms with Gasteiger partial charge in [0.2, 0.25) is 0 Å². The Morgan fingerprint density at radius 1 is 0.369 bits per heavy atom. The molecule has 3 heterocycles. The van der Waals surface area contributed by atoms with Crippen molar-refractivity contribution in [3.8, 4) is 56.3 Å². The number of ether oxygens (including phenoxy) is 1. The normalized spacial score (nSPS) is 12.5. The SMILES string of the molecule is c1ccc([Si](c2ccccc2)(c2ccccc2)c2ccccc2-c2ccc3c(c2)-c2cccc4c2B(O3)c2cc(-c3cccc(-n5c6ccccc6c6ccccc65)c3)ccc2O4)cc1. The first-order valence-corrected chi connectivity index (χ1v) is 24.4. The van der Waals surface area contributed by atoms with Gasteiger partial charge in [-0.25, -0.2) is 0 Å². The van der Waals surface area contributed by atoms with Gasteiger partial charge in [0, 0.05) is 32.9 Å². The first-order chi connectivity index (χ1) is 32.2. The van der Waals surface area contributed by atoms with Crippen LogP contribution in [0.3, 0.4) is 0 Å². The molecule has 304 valence electrons. The van der Waals surface area contributed by atoms with Crippen molar-refractivity contribution in [1.82, 2.24) is 4.57 Å². The summed E-state index contributed by atoms with van der Waals surface area (Å²) in [5, 5.41) is 7.89. The molecule has 10 aromatic carbocycles. The van der Waals surface area contributed by atoms with Crippen LogP contribution in [0, 0.1) is 0 Å². The van der Waals surface area contributed by atoms with Crippen molar-refractivity contribution < 1.29 is 9.39 Å². The van der Waals surface area contributed by atoms with Gasteiger partial charge in [-0.05, 0) is 97.1 Å². The second-order valence-corrected chi connectivity index (χ2v) is 20.9. The van der Waals surface area contributed by atoms with Crippen LogP contribution < -0.4 is 41.1 Å². The Morgan fingerprint density at radius 3 is 1.62 bits per heavy atom. The highest BCUT2D eigenvalue weighted by Gasteiger charge is 2.44. The summed E-state index contributed by atoms with van der Waals surface area (Å²) in [7, 11) is -2.82. The number of nitrogens with zero attached hydrogens (tertiary/aromatic N) is 1. The minimum atomic E-state index is -2.82. The van der Waals surface area contributed by atoms with Gasteiger partial charge in [-0.1, -0.05) is 194 Å². The molecule has 3 nitrogen and oxygen atoms in total. The molecule has 0 spiro atoms. The average Bonchev–Trinajstić information content (AvgIpc) is 3.72. The Bertz CT molecular complexity index is 3470. The Labute approximate surface area is 379 Å². The van der Waals surface area contributed by atoms with Gasteiger partial charge in [0.15, 0.2) is 8.07 Å². The van der Waals surface area contributed by atoms with Crippen LogP contribution in [0.15, 0.2) is 243 Å². The summed E-state index contributed by atoms with van der Waals surface area (Å²) in [5.74, 6) is 2.52. The highest BCUT2D eigenvalue weighted by atomic mass is 28.3. The zero-order chi connectivity index (χ0) is 42.9.